The van der Waals surface area contributed by atoms with Gasteiger partial charge in [0.1, 0.15) is 11.4 Å². The zero-order valence-corrected chi connectivity index (χ0v) is 18.3. The number of benzene rings is 1. The van der Waals surface area contributed by atoms with E-state index in [4.69, 9.17) is 0 Å². The van der Waals surface area contributed by atoms with Crippen LogP contribution >= 0.6 is 0 Å². The van der Waals surface area contributed by atoms with Crippen LogP contribution in [0.4, 0.5) is 23.7 Å². The minimum absolute atomic E-state index is 0.217. The molecular formula is C23H27F3N4O2. The number of urea groups is 1. The molecule has 2 heterocycles. The Morgan fingerprint density at radius 2 is 1.84 bits per heavy atom. The number of carbonyl (C=O) groups is 1. The SMILES string of the molecule is Cc1cc(C(F)(F)F)ncc1N1C[C@]2(CC[C@@](c3cccc(O)c3)(N(C)C)CC2)NC1=O. The molecule has 2 aromatic rings. The molecule has 32 heavy (non-hydrogen) atoms. The largest absolute Gasteiger partial charge is 0.508 e. The second-order valence-corrected chi connectivity index (χ2v) is 9.13. The lowest BCUT2D eigenvalue weighted by molar-refractivity contribution is -0.141. The number of carbonyl (C=O) groups excluding carboxylic acids is 1. The van der Waals surface area contributed by atoms with E-state index in [1.165, 1.54) is 4.90 Å². The van der Waals surface area contributed by atoms with Crippen molar-refractivity contribution in [1.82, 2.24) is 15.2 Å². The number of aromatic nitrogens is 1. The Morgan fingerprint density at radius 3 is 2.41 bits per heavy atom. The molecule has 2 fully saturated rings. The first-order chi connectivity index (χ1) is 15.0. The van der Waals surface area contributed by atoms with E-state index >= 15 is 0 Å². The number of nitrogens with one attached hydrogen (secondary N) is 1. The maximum Gasteiger partial charge on any atom is 0.433 e. The minimum Gasteiger partial charge on any atom is -0.508 e. The Labute approximate surface area is 185 Å². The van der Waals surface area contributed by atoms with E-state index in [2.05, 4.69) is 15.2 Å². The van der Waals surface area contributed by atoms with Gasteiger partial charge in [0.15, 0.2) is 0 Å². The van der Waals surface area contributed by atoms with Crippen LogP contribution < -0.4 is 10.2 Å². The fraction of sp³-hybridized carbons (Fsp3) is 0.478. The third kappa shape index (κ3) is 3.79. The van der Waals surface area contributed by atoms with Crippen LogP contribution in [0, 0.1) is 6.92 Å². The van der Waals surface area contributed by atoms with Crippen molar-refractivity contribution in [2.45, 2.75) is 49.9 Å². The maximum atomic E-state index is 13.0. The van der Waals surface area contributed by atoms with Crippen molar-refractivity contribution in [3.63, 3.8) is 0 Å². The van der Waals surface area contributed by atoms with E-state index in [0.717, 1.165) is 30.7 Å². The highest BCUT2D eigenvalue weighted by Gasteiger charge is 2.50. The molecule has 1 spiro atoms. The number of amides is 2. The molecular weight excluding hydrogens is 421 g/mol. The van der Waals surface area contributed by atoms with Crippen molar-refractivity contribution in [1.29, 1.82) is 0 Å². The second kappa shape index (κ2) is 7.65. The monoisotopic (exact) mass is 448 g/mol. The van der Waals surface area contributed by atoms with Crippen molar-refractivity contribution >= 4 is 11.7 Å². The summed E-state index contributed by atoms with van der Waals surface area (Å²) in [5.41, 5.74) is 0.0905. The number of aromatic hydroxyl groups is 1. The van der Waals surface area contributed by atoms with E-state index in [1.54, 1.807) is 19.1 Å². The van der Waals surface area contributed by atoms with Crippen LogP contribution in [-0.2, 0) is 11.7 Å². The lowest BCUT2D eigenvalue weighted by atomic mass is 9.69. The average molecular weight is 448 g/mol. The number of hydrogen-bond acceptors (Lipinski definition) is 4. The molecule has 2 amide bonds. The second-order valence-electron chi connectivity index (χ2n) is 9.13. The zero-order valence-electron chi connectivity index (χ0n) is 18.3. The van der Waals surface area contributed by atoms with E-state index in [9.17, 15) is 23.1 Å². The minimum atomic E-state index is -4.53. The first-order valence-corrected chi connectivity index (χ1v) is 10.6. The normalized spacial score (nSPS) is 26.1. The van der Waals surface area contributed by atoms with Gasteiger partial charge < -0.3 is 10.4 Å². The summed E-state index contributed by atoms with van der Waals surface area (Å²) in [5.74, 6) is 0.217. The van der Waals surface area contributed by atoms with Gasteiger partial charge >= 0.3 is 12.2 Å². The van der Waals surface area contributed by atoms with Gasteiger partial charge in [-0.2, -0.15) is 13.2 Å². The molecule has 1 aliphatic carbocycles. The molecule has 0 bridgehead atoms. The highest BCUT2D eigenvalue weighted by atomic mass is 19.4. The third-order valence-electron chi connectivity index (χ3n) is 7.02. The van der Waals surface area contributed by atoms with Gasteiger partial charge in [0.2, 0.25) is 0 Å². The van der Waals surface area contributed by atoms with Gasteiger partial charge in [0.05, 0.1) is 24.0 Å². The van der Waals surface area contributed by atoms with Crippen LogP contribution in [0.2, 0.25) is 0 Å². The molecule has 0 atom stereocenters. The lowest BCUT2D eigenvalue weighted by Crippen LogP contribution is -2.54. The van der Waals surface area contributed by atoms with Gasteiger partial charge in [0, 0.05) is 5.54 Å². The Balaban J connectivity index is 1.56. The molecule has 4 rings (SSSR count). The Kier molecular flexibility index (Phi) is 5.35. The van der Waals surface area contributed by atoms with Crippen LogP contribution in [0.3, 0.4) is 0 Å². The fourth-order valence-electron chi connectivity index (χ4n) is 5.10. The van der Waals surface area contributed by atoms with Crippen molar-refractivity contribution in [2.75, 3.05) is 25.5 Å². The first kappa shape index (κ1) is 22.4. The number of nitrogens with zero attached hydrogens (tertiary/aromatic N) is 3. The topological polar surface area (TPSA) is 68.7 Å². The predicted octanol–water partition coefficient (Wildman–Crippen LogP) is 4.41. The van der Waals surface area contributed by atoms with Crippen molar-refractivity contribution in [2.24, 2.45) is 0 Å². The van der Waals surface area contributed by atoms with Crippen LogP contribution in [0.25, 0.3) is 0 Å². The highest BCUT2D eigenvalue weighted by Crippen LogP contribution is 2.47. The summed E-state index contributed by atoms with van der Waals surface area (Å²) in [7, 11) is 4.03. The van der Waals surface area contributed by atoms with E-state index in [1.807, 2.05) is 26.2 Å². The zero-order chi connectivity index (χ0) is 23.3. The number of pyridine rings is 1. The number of aryl methyl sites for hydroxylation is 1. The van der Waals surface area contributed by atoms with E-state index in [0.29, 0.717) is 30.6 Å². The summed E-state index contributed by atoms with van der Waals surface area (Å²) in [6.45, 7) is 1.94. The number of halogens is 3. The van der Waals surface area contributed by atoms with E-state index < -0.39 is 17.4 Å². The summed E-state index contributed by atoms with van der Waals surface area (Å²) in [5, 5.41) is 13.1. The van der Waals surface area contributed by atoms with Crippen LogP contribution in [0.5, 0.6) is 5.75 Å². The van der Waals surface area contributed by atoms with Gasteiger partial charge in [-0.3, -0.25) is 9.80 Å². The van der Waals surface area contributed by atoms with Gasteiger partial charge in [-0.25, -0.2) is 9.78 Å². The average Bonchev–Trinajstić information content (AvgIpc) is 3.03. The van der Waals surface area contributed by atoms with Gasteiger partial charge in [-0.1, -0.05) is 12.1 Å². The van der Waals surface area contributed by atoms with Gasteiger partial charge in [0.25, 0.3) is 0 Å². The number of phenols is 1. The summed E-state index contributed by atoms with van der Waals surface area (Å²) in [4.78, 5) is 20.0. The van der Waals surface area contributed by atoms with Crippen molar-refractivity contribution in [3.8, 4) is 5.75 Å². The van der Waals surface area contributed by atoms with Gasteiger partial charge in [-0.05, 0) is 76.0 Å². The number of hydrogen-bond donors (Lipinski definition) is 2. The Hall–Kier alpha value is -2.81. The van der Waals surface area contributed by atoms with Crippen LogP contribution in [0.15, 0.2) is 36.5 Å². The quantitative estimate of drug-likeness (QED) is 0.730. The standard InChI is InChI=1S/C23H27F3N4O2/c1-15-11-19(23(24,25)26)27-13-18(15)30-14-21(28-20(30)32)7-9-22(10-8-21,29(2)3)16-5-4-6-17(31)12-16/h4-6,11-13,31H,7-10,14H2,1-3H3,(H,28,32)/t21-,22-. The molecule has 6 nitrogen and oxygen atoms in total. The number of phenolic OH excluding ortho intramolecular Hbond substituents is 1. The summed E-state index contributed by atoms with van der Waals surface area (Å²) < 4.78 is 38.9. The maximum absolute atomic E-state index is 13.0. The highest BCUT2D eigenvalue weighted by molar-refractivity contribution is 5.96. The molecule has 1 saturated carbocycles. The van der Waals surface area contributed by atoms with Crippen molar-refractivity contribution < 1.29 is 23.1 Å². The number of anilines is 1. The molecule has 1 aromatic carbocycles. The van der Waals surface area contributed by atoms with Crippen LogP contribution in [0.1, 0.15) is 42.5 Å². The molecule has 172 valence electrons. The summed E-state index contributed by atoms with van der Waals surface area (Å²) in [6, 6.07) is 7.94. The smallest absolute Gasteiger partial charge is 0.433 e. The Morgan fingerprint density at radius 1 is 1.16 bits per heavy atom. The molecule has 9 heteroatoms. The fourth-order valence-corrected chi connectivity index (χ4v) is 5.10. The molecule has 2 N–H and O–H groups in total. The lowest BCUT2D eigenvalue weighted by Gasteiger charge is -2.48. The Bertz CT molecular complexity index is 1030. The number of alkyl halides is 3. The summed E-state index contributed by atoms with van der Waals surface area (Å²) in [6.07, 6.45) is -0.449. The third-order valence-corrected chi connectivity index (χ3v) is 7.02. The molecule has 1 aliphatic heterocycles. The molecule has 2 aliphatic rings. The molecule has 1 saturated heterocycles. The van der Waals surface area contributed by atoms with E-state index in [-0.39, 0.29) is 17.3 Å². The molecule has 0 unspecified atom stereocenters. The van der Waals surface area contributed by atoms with Crippen LogP contribution in [-0.4, -0.2) is 47.2 Å². The summed E-state index contributed by atoms with van der Waals surface area (Å²) >= 11 is 0. The molecule has 1 aromatic heterocycles. The van der Waals surface area contributed by atoms with Crippen molar-refractivity contribution in [3.05, 3.63) is 53.3 Å². The molecule has 0 radical (unpaired) electrons. The number of rotatable bonds is 3. The predicted molar refractivity (Wildman–Crippen MR) is 115 cm³/mol. The first-order valence-electron chi connectivity index (χ1n) is 10.6. The van der Waals surface area contributed by atoms with Gasteiger partial charge in [-0.15, -0.1) is 0 Å².